The third-order valence-corrected chi connectivity index (χ3v) is 9.93. The highest BCUT2D eigenvalue weighted by Crippen LogP contribution is 2.62. The summed E-state index contributed by atoms with van der Waals surface area (Å²) in [5.74, 6) is -1.06. The van der Waals surface area contributed by atoms with Crippen LogP contribution in [-0.4, -0.2) is 37.9 Å². The Balaban J connectivity index is 1.45. The maximum atomic E-state index is 14.1. The van der Waals surface area contributed by atoms with Gasteiger partial charge in [0.2, 0.25) is 0 Å². The molecule has 0 aliphatic rings. The average Bonchev–Trinajstić information content (AvgIpc) is 3.43. The summed E-state index contributed by atoms with van der Waals surface area (Å²) in [6.07, 6.45) is 1.79. The number of aryl methyl sites for hydroxylation is 1. The molecule has 2 heterocycles. The fraction of sp³-hybridized carbons (Fsp3) is 0.258. The van der Waals surface area contributed by atoms with Crippen LogP contribution in [0, 0.1) is 6.92 Å². The molecule has 43 heavy (non-hydrogen) atoms. The van der Waals surface area contributed by atoms with Gasteiger partial charge in [-0.1, -0.05) is 41.6 Å². The van der Waals surface area contributed by atoms with Crippen LogP contribution in [0.2, 0.25) is 0 Å². The standard InChI is InChI=1S/C31H33BrN5O5P/c1-4-41-43(40,42-5-2)31(33-27-12-8-7-11-26(27)32)25-17-22(14-15-29(25)38)18-36-19-23(34-35-36)20-37-28-13-9-6-10-24(28)21(3)16-30(37)39/h6-17,19,31,33,38H,4-5,18,20H2,1-3H3. The summed E-state index contributed by atoms with van der Waals surface area (Å²) in [5, 5.41) is 23.8. The van der Waals surface area contributed by atoms with Crippen molar-refractivity contribution in [2.45, 2.75) is 39.6 Å². The van der Waals surface area contributed by atoms with E-state index in [4.69, 9.17) is 9.05 Å². The number of nitrogens with one attached hydrogen (secondary N) is 1. The number of anilines is 1. The number of aromatic nitrogens is 4. The molecule has 0 amide bonds. The zero-order chi connectivity index (χ0) is 30.6. The minimum Gasteiger partial charge on any atom is -0.508 e. The molecular formula is C31H33BrN5O5P. The van der Waals surface area contributed by atoms with Gasteiger partial charge in [-0.15, -0.1) is 5.10 Å². The molecule has 5 aromatic rings. The number of pyridine rings is 1. The van der Waals surface area contributed by atoms with Gasteiger partial charge < -0.3 is 24.0 Å². The molecule has 5 rings (SSSR count). The Kier molecular flexibility index (Phi) is 9.46. The molecule has 0 saturated heterocycles. The minimum atomic E-state index is -3.79. The normalized spacial score (nSPS) is 12.5. The van der Waals surface area contributed by atoms with Crippen LogP contribution >= 0.6 is 23.5 Å². The number of halogens is 1. The molecule has 12 heteroatoms. The number of phenolic OH excluding ortho intramolecular Hbond substituents is 1. The van der Waals surface area contributed by atoms with Gasteiger partial charge in [0.15, 0.2) is 5.78 Å². The van der Waals surface area contributed by atoms with E-state index in [1.54, 1.807) is 53.6 Å². The van der Waals surface area contributed by atoms with E-state index in [0.29, 0.717) is 23.5 Å². The maximum absolute atomic E-state index is 14.1. The lowest BCUT2D eigenvalue weighted by Gasteiger charge is -2.29. The smallest absolute Gasteiger partial charge is 0.357 e. The van der Waals surface area contributed by atoms with Gasteiger partial charge in [0.05, 0.1) is 38.0 Å². The molecule has 0 aliphatic carbocycles. The van der Waals surface area contributed by atoms with E-state index in [9.17, 15) is 14.5 Å². The number of fused-ring (bicyclic) bond motifs is 1. The van der Waals surface area contributed by atoms with Crippen molar-refractivity contribution >= 4 is 40.1 Å². The number of benzene rings is 3. The molecule has 0 aliphatic heterocycles. The Hall–Kier alpha value is -3.76. The largest absolute Gasteiger partial charge is 0.508 e. The first-order valence-corrected chi connectivity index (χ1v) is 16.3. The van der Waals surface area contributed by atoms with Gasteiger partial charge in [-0.2, -0.15) is 0 Å². The molecule has 0 fully saturated rings. The van der Waals surface area contributed by atoms with Crippen molar-refractivity contribution in [1.29, 1.82) is 0 Å². The van der Waals surface area contributed by atoms with E-state index < -0.39 is 13.4 Å². The van der Waals surface area contributed by atoms with Crippen LogP contribution in [-0.2, 0) is 26.7 Å². The van der Waals surface area contributed by atoms with Gasteiger partial charge in [0, 0.05) is 27.2 Å². The lowest BCUT2D eigenvalue weighted by atomic mass is 10.1. The highest BCUT2D eigenvalue weighted by Gasteiger charge is 2.39. The molecule has 0 radical (unpaired) electrons. The zero-order valence-corrected chi connectivity index (χ0v) is 26.6. The molecule has 2 N–H and O–H groups in total. The number of phenols is 1. The Bertz CT molecular complexity index is 1850. The molecule has 3 aromatic carbocycles. The first-order chi connectivity index (χ1) is 20.7. The van der Waals surface area contributed by atoms with E-state index in [0.717, 1.165) is 26.5 Å². The quantitative estimate of drug-likeness (QED) is 0.139. The molecule has 0 bridgehead atoms. The van der Waals surface area contributed by atoms with Gasteiger partial charge in [-0.3, -0.25) is 9.36 Å². The molecule has 1 atom stereocenters. The van der Waals surface area contributed by atoms with Crippen molar-refractivity contribution in [1.82, 2.24) is 19.6 Å². The predicted molar refractivity (Wildman–Crippen MR) is 171 cm³/mol. The molecule has 0 spiro atoms. The SMILES string of the molecule is CCOP(=O)(OCC)C(Nc1ccccc1Br)c1cc(Cn2cc(Cn3c(=O)cc(C)c4ccccc43)nn2)ccc1O. The summed E-state index contributed by atoms with van der Waals surface area (Å²) in [6.45, 7) is 6.32. The van der Waals surface area contributed by atoms with Gasteiger partial charge in [0.25, 0.3) is 5.56 Å². The van der Waals surface area contributed by atoms with Crippen LogP contribution in [0.5, 0.6) is 5.75 Å². The molecule has 1 unspecified atom stereocenters. The zero-order valence-electron chi connectivity index (χ0n) is 24.1. The Morgan fingerprint density at radius 1 is 1.00 bits per heavy atom. The summed E-state index contributed by atoms with van der Waals surface area (Å²) in [4.78, 5) is 12.8. The van der Waals surface area contributed by atoms with E-state index >= 15 is 0 Å². The second-order valence-electron chi connectivity index (χ2n) is 9.97. The summed E-state index contributed by atoms with van der Waals surface area (Å²) in [6, 6.07) is 21.9. The lowest BCUT2D eigenvalue weighted by molar-refractivity contribution is 0.213. The Labute approximate surface area is 257 Å². The molecule has 10 nitrogen and oxygen atoms in total. The van der Waals surface area contributed by atoms with Crippen LogP contribution in [0.25, 0.3) is 10.9 Å². The minimum absolute atomic E-state index is 0.0576. The number of para-hydroxylation sites is 2. The third kappa shape index (κ3) is 6.75. The van der Waals surface area contributed by atoms with Crippen LogP contribution in [0.15, 0.2) is 88.3 Å². The fourth-order valence-electron chi connectivity index (χ4n) is 5.02. The fourth-order valence-corrected chi connectivity index (χ4v) is 7.36. The number of nitrogens with zero attached hydrogens (tertiary/aromatic N) is 4. The van der Waals surface area contributed by atoms with Crippen molar-refractivity contribution in [3.8, 4) is 5.75 Å². The molecular weight excluding hydrogens is 633 g/mol. The monoisotopic (exact) mass is 665 g/mol. The summed E-state index contributed by atoms with van der Waals surface area (Å²) in [5.41, 5.74) is 4.08. The second-order valence-corrected chi connectivity index (χ2v) is 12.9. The maximum Gasteiger partial charge on any atom is 0.357 e. The van der Waals surface area contributed by atoms with E-state index in [1.165, 1.54) is 0 Å². The van der Waals surface area contributed by atoms with Crippen LogP contribution < -0.4 is 10.9 Å². The van der Waals surface area contributed by atoms with E-state index in [2.05, 4.69) is 31.6 Å². The van der Waals surface area contributed by atoms with E-state index in [1.807, 2.05) is 55.5 Å². The summed E-state index contributed by atoms with van der Waals surface area (Å²) < 4.78 is 29.6. The van der Waals surface area contributed by atoms with Crippen molar-refractivity contribution in [2.24, 2.45) is 0 Å². The number of hydrogen-bond donors (Lipinski definition) is 2. The van der Waals surface area contributed by atoms with E-state index in [-0.39, 0.29) is 31.1 Å². The van der Waals surface area contributed by atoms with Gasteiger partial charge >= 0.3 is 7.60 Å². The second kappa shape index (κ2) is 13.3. The van der Waals surface area contributed by atoms with Gasteiger partial charge in [-0.05, 0) is 78.2 Å². The highest BCUT2D eigenvalue weighted by molar-refractivity contribution is 9.10. The number of rotatable bonds is 12. The van der Waals surface area contributed by atoms with Crippen LogP contribution in [0.1, 0.15) is 42.0 Å². The Morgan fingerprint density at radius 3 is 2.47 bits per heavy atom. The summed E-state index contributed by atoms with van der Waals surface area (Å²) in [7, 11) is -3.79. The summed E-state index contributed by atoms with van der Waals surface area (Å²) >= 11 is 3.53. The van der Waals surface area contributed by atoms with Gasteiger partial charge in [0.1, 0.15) is 11.4 Å². The molecule has 2 aromatic heterocycles. The van der Waals surface area contributed by atoms with Crippen molar-refractivity contribution in [3.63, 3.8) is 0 Å². The first kappa shape index (κ1) is 30.7. The Morgan fingerprint density at radius 2 is 1.72 bits per heavy atom. The van der Waals surface area contributed by atoms with Crippen LogP contribution in [0.4, 0.5) is 5.69 Å². The topological polar surface area (TPSA) is 121 Å². The lowest BCUT2D eigenvalue weighted by Crippen LogP contribution is -2.21. The average molecular weight is 667 g/mol. The van der Waals surface area contributed by atoms with Crippen molar-refractivity contribution in [2.75, 3.05) is 18.5 Å². The number of aromatic hydroxyl groups is 1. The van der Waals surface area contributed by atoms with Crippen molar-refractivity contribution in [3.05, 3.63) is 116 Å². The first-order valence-electron chi connectivity index (χ1n) is 13.9. The van der Waals surface area contributed by atoms with Crippen LogP contribution in [0.3, 0.4) is 0 Å². The predicted octanol–water partition coefficient (Wildman–Crippen LogP) is 6.84. The highest BCUT2D eigenvalue weighted by atomic mass is 79.9. The van der Waals surface area contributed by atoms with Gasteiger partial charge in [-0.25, -0.2) is 4.68 Å². The molecule has 0 saturated carbocycles. The molecule has 224 valence electrons. The number of hydrogen-bond acceptors (Lipinski definition) is 8. The van der Waals surface area contributed by atoms with Crippen molar-refractivity contribution < 1.29 is 18.7 Å². The third-order valence-electron chi connectivity index (χ3n) is 6.96.